The van der Waals surface area contributed by atoms with Gasteiger partial charge in [-0.25, -0.2) is 0 Å². The van der Waals surface area contributed by atoms with E-state index >= 15 is 0 Å². The number of rotatable bonds is 2. The van der Waals surface area contributed by atoms with Crippen LogP contribution in [-0.2, 0) is 4.79 Å². The third-order valence-corrected chi connectivity index (χ3v) is 4.16. The molecule has 4 heteroatoms. The van der Waals surface area contributed by atoms with Gasteiger partial charge >= 0.3 is 0 Å². The molecule has 1 aliphatic carbocycles. The molecule has 1 fully saturated rings. The number of aromatic nitrogens is 1. The molecule has 1 aromatic rings. The summed E-state index contributed by atoms with van der Waals surface area (Å²) in [6.45, 7) is 5.80. The molecule has 0 atom stereocenters. The van der Waals surface area contributed by atoms with Crippen molar-refractivity contribution < 1.29 is 4.79 Å². The fourth-order valence-corrected chi connectivity index (χ4v) is 3.02. The monoisotopic (exact) mass is 266 g/mol. The number of hydrogen-bond acceptors (Lipinski definition) is 3. The molecule has 1 amide bonds. The Morgan fingerprint density at radius 1 is 1.33 bits per heavy atom. The van der Waals surface area contributed by atoms with E-state index in [1.165, 1.54) is 43.6 Å². The average Bonchev–Trinajstić information content (AvgIpc) is 2.77. The van der Waals surface area contributed by atoms with Crippen molar-refractivity contribution in [3.8, 4) is 0 Å². The SMILES string of the molecule is CC(C)(C)C(=O)Nc1csnc1C1CCCCC1. The first-order valence-electron chi connectivity index (χ1n) is 6.74. The minimum absolute atomic E-state index is 0.0692. The summed E-state index contributed by atoms with van der Waals surface area (Å²) < 4.78 is 4.50. The van der Waals surface area contributed by atoms with Gasteiger partial charge in [-0.1, -0.05) is 40.0 Å². The third kappa shape index (κ3) is 3.10. The molecule has 1 aliphatic rings. The van der Waals surface area contributed by atoms with Crippen LogP contribution in [0, 0.1) is 5.41 Å². The van der Waals surface area contributed by atoms with E-state index in [1.807, 2.05) is 26.2 Å². The summed E-state index contributed by atoms with van der Waals surface area (Å²) in [4.78, 5) is 12.0. The van der Waals surface area contributed by atoms with Crippen LogP contribution < -0.4 is 5.32 Å². The molecular weight excluding hydrogens is 244 g/mol. The van der Waals surface area contributed by atoms with E-state index in [4.69, 9.17) is 0 Å². The fourth-order valence-electron chi connectivity index (χ4n) is 2.32. The Bertz CT molecular complexity index is 414. The second-order valence-electron chi connectivity index (χ2n) is 6.15. The van der Waals surface area contributed by atoms with E-state index in [1.54, 1.807) is 0 Å². The quantitative estimate of drug-likeness (QED) is 0.872. The van der Waals surface area contributed by atoms with Gasteiger partial charge in [0.05, 0.1) is 11.4 Å². The Kier molecular flexibility index (Phi) is 4.05. The summed E-state index contributed by atoms with van der Waals surface area (Å²) in [6, 6.07) is 0. The van der Waals surface area contributed by atoms with Crippen LogP contribution in [0.2, 0.25) is 0 Å². The van der Waals surface area contributed by atoms with Crippen molar-refractivity contribution in [1.29, 1.82) is 0 Å². The van der Waals surface area contributed by atoms with Crippen molar-refractivity contribution in [2.24, 2.45) is 5.41 Å². The zero-order valence-corrected chi connectivity index (χ0v) is 12.3. The highest BCUT2D eigenvalue weighted by Crippen LogP contribution is 2.36. The normalized spacial score (nSPS) is 17.7. The molecule has 0 saturated heterocycles. The van der Waals surface area contributed by atoms with E-state index in [2.05, 4.69) is 9.69 Å². The van der Waals surface area contributed by atoms with Crippen LogP contribution >= 0.6 is 11.5 Å². The van der Waals surface area contributed by atoms with Gasteiger partial charge in [-0.05, 0) is 24.4 Å². The standard InChI is InChI=1S/C14H22N2OS/c1-14(2,3)13(17)15-11-9-18-16-12(11)10-7-5-4-6-8-10/h9-10H,4-8H2,1-3H3,(H,15,17). The molecule has 0 bridgehead atoms. The highest BCUT2D eigenvalue weighted by molar-refractivity contribution is 7.04. The number of amides is 1. The maximum atomic E-state index is 12.0. The molecule has 100 valence electrons. The largest absolute Gasteiger partial charge is 0.323 e. The lowest BCUT2D eigenvalue weighted by Gasteiger charge is -2.22. The predicted octanol–water partition coefficient (Wildman–Crippen LogP) is 4.18. The zero-order chi connectivity index (χ0) is 13.2. The van der Waals surface area contributed by atoms with Crippen LogP contribution in [0.15, 0.2) is 5.38 Å². The van der Waals surface area contributed by atoms with Crippen molar-refractivity contribution in [2.45, 2.75) is 58.8 Å². The highest BCUT2D eigenvalue weighted by atomic mass is 32.1. The number of nitrogens with zero attached hydrogens (tertiary/aromatic N) is 1. The summed E-state index contributed by atoms with van der Waals surface area (Å²) in [7, 11) is 0. The molecule has 2 rings (SSSR count). The van der Waals surface area contributed by atoms with Gasteiger partial charge in [-0.2, -0.15) is 4.37 Å². The Labute approximate surface area is 113 Å². The van der Waals surface area contributed by atoms with Crippen molar-refractivity contribution in [3.05, 3.63) is 11.1 Å². The van der Waals surface area contributed by atoms with Crippen LogP contribution in [0.3, 0.4) is 0 Å². The van der Waals surface area contributed by atoms with Crippen LogP contribution in [0.25, 0.3) is 0 Å². The van der Waals surface area contributed by atoms with Gasteiger partial charge in [0.15, 0.2) is 0 Å². The van der Waals surface area contributed by atoms with Gasteiger partial charge in [-0.15, -0.1) is 0 Å². The van der Waals surface area contributed by atoms with Crippen LogP contribution in [0.5, 0.6) is 0 Å². The minimum atomic E-state index is -0.355. The summed E-state index contributed by atoms with van der Waals surface area (Å²) in [5.74, 6) is 0.611. The third-order valence-electron chi connectivity index (χ3n) is 3.52. The van der Waals surface area contributed by atoms with Crippen molar-refractivity contribution >= 4 is 23.1 Å². The molecular formula is C14H22N2OS. The molecule has 0 aromatic carbocycles. The van der Waals surface area contributed by atoms with Gasteiger partial charge in [0, 0.05) is 16.7 Å². The minimum Gasteiger partial charge on any atom is -0.323 e. The molecule has 3 nitrogen and oxygen atoms in total. The lowest BCUT2D eigenvalue weighted by molar-refractivity contribution is -0.123. The number of carbonyl (C=O) groups is 1. The topological polar surface area (TPSA) is 42.0 Å². The first-order chi connectivity index (χ1) is 8.48. The van der Waals surface area contributed by atoms with Gasteiger partial charge in [0.1, 0.15) is 0 Å². The molecule has 18 heavy (non-hydrogen) atoms. The lowest BCUT2D eigenvalue weighted by Crippen LogP contribution is -2.28. The second-order valence-corrected chi connectivity index (χ2v) is 6.78. The summed E-state index contributed by atoms with van der Waals surface area (Å²) in [5, 5.41) is 5.00. The average molecular weight is 266 g/mol. The van der Waals surface area contributed by atoms with Crippen molar-refractivity contribution in [1.82, 2.24) is 4.37 Å². The molecule has 0 unspecified atom stereocenters. The van der Waals surface area contributed by atoms with E-state index in [0.29, 0.717) is 5.92 Å². The van der Waals surface area contributed by atoms with Crippen LogP contribution in [0.1, 0.15) is 64.5 Å². The molecule has 1 aromatic heterocycles. The maximum Gasteiger partial charge on any atom is 0.229 e. The second kappa shape index (κ2) is 5.39. The predicted molar refractivity (Wildman–Crippen MR) is 76.0 cm³/mol. The van der Waals surface area contributed by atoms with Gasteiger partial charge in [0.25, 0.3) is 0 Å². The lowest BCUT2D eigenvalue weighted by atomic mass is 9.86. The van der Waals surface area contributed by atoms with Crippen molar-refractivity contribution in [2.75, 3.05) is 5.32 Å². The summed E-state index contributed by atoms with van der Waals surface area (Å²) in [5.41, 5.74) is 1.69. The highest BCUT2D eigenvalue weighted by Gasteiger charge is 2.25. The van der Waals surface area contributed by atoms with Gasteiger partial charge in [-0.3, -0.25) is 4.79 Å². The number of carbonyl (C=O) groups excluding carboxylic acids is 1. The first-order valence-corrected chi connectivity index (χ1v) is 7.58. The van der Waals surface area contributed by atoms with Crippen LogP contribution in [-0.4, -0.2) is 10.3 Å². The summed E-state index contributed by atoms with van der Waals surface area (Å²) >= 11 is 1.45. The number of anilines is 1. The molecule has 1 saturated carbocycles. The summed E-state index contributed by atoms with van der Waals surface area (Å²) in [6.07, 6.45) is 6.33. The molecule has 0 aliphatic heterocycles. The molecule has 0 radical (unpaired) electrons. The first kappa shape index (κ1) is 13.5. The zero-order valence-electron chi connectivity index (χ0n) is 11.5. The Morgan fingerprint density at radius 3 is 2.61 bits per heavy atom. The molecule has 1 heterocycles. The molecule has 1 N–H and O–H groups in total. The number of hydrogen-bond donors (Lipinski definition) is 1. The van der Waals surface area contributed by atoms with Gasteiger partial charge < -0.3 is 5.32 Å². The van der Waals surface area contributed by atoms with Crippen molar-refractivity contribution in [3.63, 3.8) is 0 Å². The van der Waals surface area contributed by atoms with E-state index in [0.717, 1.165) is 11.4 Å². The maximum absolute atomic E-state index is 12.0. The molecule has 0 spiro atoms. The number of nitrogens with one attached hydrogen (secondary N) is 1. The Hall–Kier alpha value is -0.900. The Morgan fingerprint density at radius 2 is 2.00 bits per heavy atom. The smallest absolute Gasteiger partial charge is 0.229 e. The van der Waals surface area contributed by atoms with E-state index in [-0.39, 0.29) is 11.3 Å². The Balaban J connectivity index is 2.10. The van der Waals surface area contributed by atoms with E-state index in [9.17, 15) is 4.79 Å². The van der Waals surface area contributed by atoms with Crippen LogP contribution in [0.4, 0.5) is 5.69 Å². The fraction of sp³-hybridized carbons (Fsp3) is 0.714. The van der Waals surface area contributed by atoms with Gasteiger partial charge in [0.2, 0.25) is 5.91 Å². The van der Waals surface area contributed by atoms with E-state index < -0.39 is 0 Å².